The smallest absolute Gasteiger partial charge is 0.302 e. The summed E-state index contributed by atoms with van der Waals surface area (Å²) in [6.07, 6.45) is 2.98. The van der Waals surface area contributed by atoms with Gasteiger partial charge in [-0.1, -0.05) is 0 Å². The molecule has 2 aromatic carbocycles. The zero-order valence-electron chi connectivity index (χ0n) is 18.0. The Morgan fingerprint density at radius 2 is 1.88 bits per heavy atom. The van der Waals surface area contributed by atoms with Gasteiger partial charge in [0, 0.05) is 31.3 Å². The lowest BCUT2D eigenvalue weighted by molar-refractivity contribution is -0.383. The number of ether oxygens (including phenoxy) is 1. The summed E-state index contributed by atoms with van der Waals surface area (Å²) in [6.45, 7) is 0.425. The largest absolute Gasteiger partial charge is 0.508 e. The van der Waals surface area contributed by atoms with Crippen LogP contribution >= 0.6 is 0 Å². The number of nitrogens with zero attached hydrogens (tertiary/aromatic N) is 2. The van der Waals surface area contributed by atoms with Crippen LogP contribution in [0.15, 0.2) is 36.5 Å². The molecule has 0 bridgehead atoms. The third-order valence-electron chi connectivity index (χ3n) is 5.03. The summed E-state index contributed by atoms with van der Waals surface area (Å²) < 4.78 is 6.68. The Morgan fingerprint density at radius 3 is 2.52 bits per heavy atom. The molecule has 0 aliphatic rings. The second-order valence-electron chi connectivity index (χ2n) is 7.05. The molecule has 0 saturated heterocycles. The molecule has 0 aliphatic carbocycles. The van der Waals surface area contributed by atoms with Crippen LogP contribution in [0.5, 0.6) is 17.2 Å². The molecule has 1 heterocycles. The summed E-state index contributed by atoms with van der Waals surface area (Å²) in [4.78, 5) is 11.6. The van der Waals surface area contributed by atoms with Gasteiger partial charge in [-0.25, -0.2) is 0 Å². The standard InChI is InChI=1S/C22H26N4O7/c1-33-20-5-2-14(12-19(20)30)25-17(6-7-23-8-10-27)22(26(31)32)15-3-4-18(29)16(21(15)25)13-24-9-11-28/h2-7,12,23-24,27-30H,8-11,13H2,1H3. The highest BCUT2D eigenvalue weighted by molar-refractivity contribution is 5.99. The number of phenols is 2. The van der Waals surface area contributed by atoms with Gasteiger partial charge in [0.05, 0.1) is 41.8 Å². The quantitative estimate of drug-likeness (QED) is 0.142. The second kappa shape index (κ2) is 10.7. The number of methoxy groups -OCH3 is 1. The van der Waals surface area contributed by atoms with Crippen molar-refractivity contribution in [3.8, 4) is 22.9 Å². The lowest BCUT2D eigenvalue weighted by Crippen LogP contribution is -2.18. The molecule has 3 aromatic rings. The maximum atomic E-state index is 12.1. The van der Waals surface area contributed by atoms with E-state index in [2.05, 4.69) is 10.6 Å². The van der Waals surface area contributed by atoms with E-state index in [0.717, 1.165) is 0 Å². The van der Waals surface area contributed by atoms with Crippen LogP contribution in [0.3, 0.4) is 0 Å². The maximum Gasteiger partial charge on any atom is 0.302 e. The van der Waals surface area contributed by atoms with E-state index in [0.29, 0.717) is 16.8 Å². The Morgan fingerprint density at radius 1 is 1.12 bits per heavy atom. The average Bonchev–Trinajstić information content (AvgIpc) is 3.12. The zero-order valence-corrected chi connectivity index (χ0v) is 18.0. The van der Waals surface area contributed by atoms with E-state index in [9.17, 15) is 20.3 Å². The van der Waals surface area contributed by atoms with Gasteiger partial charge in [0.1, 0.15) is 11.4 Å². The molecule has 0 aliphatic heterocycles. The summed E-state index contributed by atoms with van der Waals surface area (Å²) in [6, 6.07) is 7.44. The van der Waals surface area contributed by atoms with Crippen LogP contribution in [0.1, 0.15) is 11.3 Å². The van der Waals surface area contributed by atoms with Crippen LogP contribution < -0.4 is 15.4 Å². The Labute approximate surface area is 189 Å². The molecule has 1 aromatic heterocycles. The van der Waals surface area contributed by atoms with Crippen molar-refractivity contribution in [1.29, 1.82) is 0 Å². The van der Waals surface area contributed by atoms with Gasteiger partial charge in [0.2, 0.25) is 0 Å². The van der Waals surface area contributed by atoms with Crippen molar-refractivity contribution >= 4 is 22.7 Å². The molecule has 0 fully saturated rings. The molecule has 0 radical (unpaired) electrons. The van der Waals surface area contributed by atoms with E-state index in [1.807, 2.05) is 0 Å². The van der Waals surface area contributed by atoms with Crippen LogP contribution in [0.25, 0.3) is 22.7 Å². The first-order chi connectivity index (χ1) is 15.9. The molecule has 0 saturated carbocycles. The van der Waals surface area contributed by atoms with E-state index < -0.39 is 4.92 Å². The first-order valence-electron chi connectivity index (χ1n) is 10.2. The van der Waals surface area contributed by atoms with E-state index in [1.165, 1.54) is 43.7 Å². The maximum absolute atomic E-state index is 12.1. The van der Waals surface area contributed by atoms with Gasteiger partial charge in [0.25, 0.3) is 0 Å². The zero-order chi connectivity index (χ0) is 24.0. The minimum absolute atomic E-state index is 0.0757. The number of aromatic nitrogens is 1. The molecule has 0 spiro atoms. The monoisotopic (exact) mass is 458 g/mol. The topological polar surface area (TPSA) is 162 Å². The van der Waals surface area contributed by atoms with Crippen LogP contribution in [-0.2, 0) is 6.54 Å². The Balaban J connectivity index is 2.37. The van der Waals surface area contributed by atoms with E-state index >= 15 is 0 Å². The number of aromatic hydroxyl groups is 2. The number of aliphatic hydroxyl groups is 2. The SMILES string of the molecule is COc1ccc(-n2c(C=CNCCO)c([N+](=O)[O-])c3ccc(O)c(CNCCO)c32)cc1O. The van der Waals surface area contributed by atoms with Crippen molar-refractivity contribution in [2.75, 3.05) is 33.4 Å². The third-order valence-corrected chi connectivity index (χ3v) is 5.03. The third kappa shape index (κ3) is 4.85. The lowest BCUT2D eigenvalue weighted by Gasteiger charge is -2.14. The van der Waals surface area contributed by atoms with Crippen LogP contribution in [0, 0.1) is 10.1 Å². The van der Waals surface area contributed by atoms with Crippen molar-refractivity contribution in [2.45, 2.75) is 6.54 Å². The van der Waals surface area contributed by atoms with Gasteiger partial charge < -0.3 is 40.4 Å². The number of benzene rings is 2. The number of phenolic OH excluding ortho intramolecular Hbond substituents is 2. The number of hydrogen-bond acceptors (Lipinski definition) is 9. The van der Waals surface area contributed by atoms with Gasteiger partial charge >= 0.3 is 5.69 Å². The Kier molecular flexibility index (Phi) is 7.72. The summed E-state index contributed by atoms with van der Waals surface area (Å²) in [5.74, 6) is 0.000280. The highest BCUT2D eigenvalue weighted by atomic mass is 16.6. The normalized spacial score (nSPS) is 11.4. The van der Waals surface area contributed by atoms with Gasteiger partial charge in [-0.3, -0.25) is 10.1 Å². The fourth-order valence-electron chi connectivity index (χ4n) is 3.62. The summed E-state index contributed by atoms with van der Waals surface area (Å²) >= 11 is 0. The van der Waals surface area contributed by atoms with Crippen LogP contribution in [0.2, 0.25) is 0 Å². The number of rotatable bonds is 11. The van der Waals surface area contributed by atoms with Crippen molar-refractivity contribution in [3.63, 3.8) is 0 Å². The number of nitro groups is 1. The fourth-order valence-corrected chi connectivity index (χ4v) is 3.62. The fraction of sp³-hybridized carbons (Fsp3) is 0.273. The van der Waals surface area contributed by atoms with Gasteiger partial charge in [-0.15, -0.1) is 0 Å². The summed E-state index contributed by atoms with van der Waals surface area (Å²) in [5.41, 5.74) is 1.17. The van der Waals surface area contributed by atoms with E-state index in [-0.39, 0.29) is 66.9 Å². The van der Waals surface area contributed by atoms with Gasteiger partial charge in [0.15, 0.2) is 11.5 Å². The molecule has 33 heavy (non-hydrogen) atoms. The van der Waals surface area contributed by atoms with E-state index in [1.54, 1.807) is 10.6 Å². The highest BCUT2D eigenvalue weighted by Gasteiger charge is 2.28. The van der Waals surface area contributed by atoms with Crippen LogP contribution in [-0.4, -0.2) is 63.3 Å². The molecule has 0 atom stereocenters. The predicted molar refractivity (Wildman–Crippen MR) is 123 cm³/mol. The van der Waals surface area contributed by atoms with Crippen molar-refractivity contribution in [2.24, 2.45) is 0 Å². The number of fused-ring (bicyclic) bond motifs is 1. The molecular weight excluding hydrogens is 432 g/mol. The first-order valence-corrected chi connectivity index (χ1v) is 10.2. The minimum atomic E-state index is -0.504. The van der Waals surface area contributed by atoms with Crippen molar-refractivity contribution in [3.05, 3.63) is 57.9 Å². The average molecular weight is 458 g/mol. The highest BCUT2D eigenvalue weighted by Crippen LogP contribution is 2.41. The lowest BCUT2D eigenvalue weighted by atomic mass is 10.1. The molecule has 0 unspecified atom stereocenters. The molecule has 176 valence electrons. The predicted octanol–water partition coefficient (Wildman–Crippen LogP) is 1.59. The van der Waals surface area contributed by atoms with Crippen molar-refractivity contribution in [1.82, 2.24) is 15.2 Å². The summed E-state index contributed by atoms with van der Waals surface area (Å²) in [5, 5.41) is 57.3. The molecular formula is C22H26N4O7. The minimum Gasteiger partial charge on any atom is -0.508 e. The number of aliphatic hydroxyl groups excluding tert-OH is 2. The summed E-state index contributed by atoms with van der Waals surface area (Å²) in [7, 11) is 1.41. The molecule has 0 amide bonds. The molecule has 6 N–H and O–H groups in total. The number of nitrogens with one attached hydrogen (secondary N) is 2. The molecule has 11 nitrogen and oxygen atoms in total. The second-order valence-corrected chi connectivity index (χ2v) is 7.05. The van der Waals surface area contributed by atoms with Gasteiger partial charge in [-0.2, -0.15) is 0 Å². The Bertz CT molecular complexity index is 1170. The Hall–Kier alpha value is -3.80. The molecule has 11 heteroatoms. The van der Waals surface area contributed by atoms with Gasteiger partial charge in [-0.05, 0) is 36.5 Å². The van der Waals surface area contributed by atoms with E-state index in [4.69, 9.17) is 14.9 Å². The first kappa shape index (κ1) is 23.9. The van der Waals surface area contributed by atoms with Crippen LogP contribution in [0.4, 0.5) is 5.69 Å². The van der Waals surface area contributed by atoms with Crippen molar-refractivity contribution < 1.29 is 30.1 Å². The number of hydrogen-bond donors (Lipinski definition) is 6. The molecule has 3 rings (SSSR count).